The zero-order chi connectivity index (χ0) is 12.9. The zero-order valence-electron chi connectivity index (χ0n) is 9.92. The molecule has 1 aromatic rings. The Morgan fingerprint density at radius 2 is 1.88 bits per heavy atom. The minimum absolute atomic E-state index is 0.00604. The molecule has 1 rings (SSSR count). The SMILES string of the molecule is CC(CCNS(=O)(=O)c1ccccc1)S(C)=O. The van der Waals surface area contributed by atoms with Crippen LogP contribution in [0.5, 0.6) is 0 Å². The summed E-state index contributed by atoms with van der Waals surface area (Å²) in [5.74, 6) is 0. The molecule has 17 heavy (non-hydrogen) atoms. The summed E-state index contributed by atoms with van der Waals surface area (Å²) in [5.41, 5.74) is 0. The van der Waals surface area contributed by atoms with E-state index in [1.807, 2.05) is 6.92 Å². The minimum Gasteiger partial charge on any atom is -0.260 e. The van der Waals surface area contributed by atoms with E-state index in [1.165, 1.54) is 0 Å². The first-order chi connectivity index (χ1) is 7.93. The zero-order valence-corrected chi connectivity index (χ0v) is 11.6. The Hall–Kier alpha value is -0.720. The highest BCUT2D eigenvalue weighted by Gasteiger charge is 2.13. The summed E-state index contributed by atoms with van der Waals surface area (Å²) in [4.78, 5) is 0.255. The van der Waals surface area contributed by atoms with Crippen molar-refractivity contribution >= 4 is 20.8 Å². The third-order valence-electron chi connectivity index (χ3n) is 2.46. The van der Waals surface area contributed by atoms with Gasteiger partial charge in [-0.3, -0.25) is 4.21 Å². The van der Waals surface area contributed by atoms with Crippen molar-refractivity contribution in [3.8, 4) is 0 Å². The number of nitrogens with one attached hydrogen (secondary N) is 1. The Balaban J connectivity index is 2.55. The Morgan fingerprint density at radius 3 is 2.41 bits per heavy atom. The summed E-state index contributed by atoms with van der Waals surface area (Å²) in [7, 11) is -4.35. The molecule has 0 amide bonds. The van der Waals surface area contributed by atoms with E-state index in [0.717, 1.165) is 0 Å². The lowest BCUT2D eigenvalue weighted by molar-refractivity contribution is 0.578. The molecule has 96 valence electrons. The van der Waals surface area contributed by atoms with Gasteiger partial charge < -0.3 is 0 Å². The van der Waals surface area contributed by atoms with Crippen molar-refractivity contribution in [3.63, 3.8) is 0 Å². The van der Waals surface area contributed by atoms with Crippen molar-refractivity contribution in [2.75, 3.05) is 12.8 Å². The first-order valence-corrected chi connectivity index (χ1v) is 8.41. The molecule has 1 N–H and O–H groups in total. The van der Waals surface area contributed by atoms with Gasteiger partial charge in [0.2, 0.25) is 10.0 Å². The van der Waals surface area contributed by atoms with Crippen molar-refractivity contribution in [3.05, 3.63) is 30.3 Å². The third-order valence-corrected chi connectivity index (χ3v) is 5.31. The Morgan fingerprint density at radius 1 is 1.29 bits per heavy atom. The Labute approximate surface area is 105 Å². The van der Waals surface area contributed by atoms with E-state index in [9.17, 15) is 12.6 Å². The summed E-state index contributed by atoms with van der Waals surface area (Å²) >= 11 is 0. The molecule has 0 aliphatic carbocycles. The topological polar surface area (TPSA) is 63.2 Å². The maximum Gasteiger partial charge on any atom is 0.240 e. The standard InChI is InChI=1S/C11H17NO3S2/c1-10(16(2)13)8-9-12-17(14,15)11-6-4-3-5-7-11/h3-7,10,12H,8-9H2,1-2H3. The van der Waals surface area contributed by atoms with Crippen molar-refractivity contribution in [2.24, 2.45) is 0 Å². The quantitative estimate of drug-likeness (QED) is 0.846. The predicted octanol–water partition coefficient (Wildman–Crippen LogP) is 1.12. The number of hydrogen-bond donors (Lipinski definition) is 1. The second-order valence-electron chi connectivity index (χ2n) is 3.81. The summed E-state index contributed by atoms with van der Waals surface area (Å²) in [6.07, 6.45) is 2.19. The summed E-state index contributed by atoms with van der Waals surface area (Å²) in [5, 5.41) is -0.00604. The molecule has 0 aromatic heterocycles. The van der Waals surface area contributed by atoms with E-state index in [4.69, 9.17) is 0 Å². The average molecular weight is 275 g/mol. The number of hydrogen-bond acceptors (Lipinski definition) is 3. The van der Waals surface area contributed by atoms with Gasteiger partial charge in [0.15, 0.2) is 0 Å². The molecule has 0 aliphatic heterocycles. The van der Waals surface area contributed by atoms with Crippen molar-refractivity contribution in [1.82, 2.24) is 4.72 Å². The molecule has 0 heterocycles. The van der Waals surface area contributed by atoms with Gasteiger partial charge in [0, 0.05) is 28.9 Å². The normalized spacial score (nSPS) is 15.4. The van der Waals surface area contributed by atoms with Crippen LogP contribution in [-0.2, 0) is 20.8 Å². The molecular formula is C11H17NO3S2. The van der Waals surface area contributed by atoms with Gasteiger partial charge in [-0.25, -0.2) is 13.1 Å². The molecule has 0 spiro atoms. The van der Waals surface area contributed by atoms with Crippen LogP contribution in [0, 0.1) is 0 Å². The van der Waals surface area contributed by atoms with Crippen LogP contribution in [0.15, 0.2) is 35.2 Å². The van der Waals surface area contributed by atoms with Crippen molar-refractivity contribution in [1.29, 1.82) is 0 Å². The van der Waals surface area contributed by atoms with E-state index in [-0.39, 0.29) is 10.1 Å². The third kappa shape index (κ3) is 4.57. The fourth-order valence-electron chi connectivity index (χ4n) is 1.25. The van der Waals surface area contributed by atoms with E-state index in [2.05, 4.69) is 4.72 Å². The first-order valence-electron chi connectivity index (χ1n) is 5.30. The molecule has 2 unspecified atom stereocenters. The van der Waals surface area contributed by atoms with E-state index in [0.29, 0.717) is 13.0 Å². The average Bonchev–Trinajstić information content (AvgIpc) is 2.29. The van der Waals surface area contributed by atoms with E-state index >= 15 is 0 Å². The van der Waals surface area contributed by atoms with E-state index < -0.39 is 20.8 Å². The smallest absolute Gasteiger partial charge is 0.240 e. The molecular weight excluding hydrogens is 258 g/mol. The van der Waals surface area contributed by atoms with Gasteiger partial charge in [0.25, 0.3) is 0 Å². The second-order valence-corrected chi connectivity index (χ2v) is 7.38. The fraction of sp³-hybridized carbons (Fsp3) is 0.455. The highest BCUT2D eigenvalue weighted by atomic mass is 32.2. The largest absolute Gasteiger partial charge is 0.260 e. The molecule has 0 fully saturated rings. The van der Waals surface area contributed by atoms with Gasteiger partial charge in [-0.15, -0.1) is 0 Å². The van der Waals surface area contributed by atoms with Gasteiger partial charge in [-0.2, -0.15) is 0 Å². The van der Waals surface area contributed by atoms with Crippen molar-refractivity contribution in [2.45, 2.75) is 23.5 Å². The van der Waals surface area contributed by atoms with Crippen LogP contribution in [0.3, 0.4) is 0 Å². The maximum atomic E-state index is 11.8. The van der Waals surface area contributed by atoms with Crippen LogP contribution in [0.25, 0.3) is 0 Å². The van der Waals surface area contributed by atoms with Crippen LogP contribution < -0.4 is 4.72 Å². The molecule has 0 aliphatic rings. The number of sulfonamides is 1. The Kier molecular flexibility index (Phi) is 5.30. The molecule has 0 radical (unpaired) electrons. The minimum atomic E-state index is -3.43. The molecule has 6 heteroatoms. The van der Waals surface area contributed by atoms with Crippen LogP contribution in [0.4, 0.5) is 0 Å². The molecule has 0 saturated carbocycles. The summed E-state index contributed by atoms with van der Waals surface area (Å²) in [6.45, 7) is 2.14. The summed E-state index contributed by atoms with van der Waals surface area (Å²) in [6, 6.07) is 8.21. The molecule has 0 saturated heterocycles. The van der Waals surface area contributed by atoms with Gasteiger partial charge in [0.1, 0.15) is 0 Å². The monoisotopic (exact) mass is 275 g/mol. The van der Waals surface area contributed by atoms with E-state index in [1.54, 1.807) is 36.6 Å². The summed E-state index contributed by atoms with van der Waals surface area (Å²) < 4.78 is 37.2. The van der Waals surface area contributed by atoms with Gasteiger partial charge >= 0.3 is 0 Å². The Bertz CT molecular complexity index is 471. The van der Waals surface area contributed by atoms with Gasteiger partial charge in [-0.1, -0.05) is 25.1 Å². The van der Waals surface area contributed by atoms with Gasteiger partial charge in [0.05, 0.1) is 4.90 Å². The highest BCUT2D eigenvalue weighted by molar-refractivity contribution is 7.89. The first kappa shape index (κ1) is 14.3. The molecule has 2 atom stereocenters. The lowest BCUT2D eigenvalue weighted by Crippen LogP contribution is -2.27. The maximum absolute atomic E-state index is 11.8. The fourth-order valence-corrected chi connectivity index (χ4v) is 2.76. The van der Waals surface area contributed by atoms with Gasteiger partial charge in [-0.05, 0) is 18.6 Å². The highest BCUT2D eigenvalue weighted by Crippen LogP contribution is 2.07. The lowest BCUT2D eigenvalue weighted by Gasteiger charge is -2.09. The predicted molar refractivity (Wildman–Crippen MR) is 69.8 cm³/mol. The van der Waals surface area contributed by atoms with Crippen LogP contribution >= 0.6 is 0 Å². The van der Waals surface area contributed by atoms with Crippen molar-refractivity contribution < 1.29 is 12.6 Å². The lowest BCUT2D eigenvalue weighted by atomic mass is 10.3. The number of benzene rings is 1. The number of rotatable bonds is 6. The molecule has 4 nitrogen and oxygen atoms in total. The molecule has 0 bridgehead atoms. The van der Waals surface area contributed by atoms with Crippen LogP contribution in [0.1, 0.15) is 13.3 Å². The van der Waals surface area contributed by atoms with Crippen LogP contribution in [-0.4, -0.2) is 30.7 Å². The van der Waals surface area contributed by atoms with Crippen LogP contribution in [0.2, 0.25) is 0 Å². The molecule has 1 aromatic carbocycles. The second kappa shape index (κ2) is 6.28.